The SMILES string of the molecule is CC(C)(C)n1cc(C(=O)O[C@H]2CCCCC2=O)cn1. The fourth-order valence-corrected chi connectivity index (χ4v) is 2.07. The third-order valence-electron chi connectivity index (χ3n) is 3.25. The van der Waals surface area contributed by atoms with Crippen molar-refractivity contribution in [2.45, 2.75) is 58.1 Å². The van der Waals surface area contributed by atoms with Crippen LogP contribution in [0.3, 0.4) is 0 Å². The summed E-state index contributed by atoms with van der Waals surface area (Å²) < 4.78 is 6.99. The first-order chi connectivity index (χ1) is 8.88. The van der Waals surface area contributed by atoms with Crippen LogP contribution in [0, 0.1) is 0 Å². The van der Waals surface area contributed by atoms with Gasteiger partial charge in [-0.05, 0) is 40.0 Å². The molecular weight excluding hydrogens is 244 g/mol. The summed E-state index contributed by atoms with van der Waals surface area (Å²) >= 11 is 0. The number of hydrogen-bond donors (Lipinski definition) is 0. The van der Waals surface area contributed by atoms with E-state index in [2.05, 4.69) is 5.10 Å². The van der Waals surface area contributed by atoms with Crippen molar-refractivity contribution in [3.63, 3.8) is 0 Å². The first-order valence-electron chi connectivity index (χ1n) is 6.67. The lowest BCUT2D eigenvalue weighted by molar-refractivity contribution is -0.129. The molecule has 0 radical (unpaired) electrons. The van der Waals surface area contributed by atoms with Gasteiger partial charge in [0, 0.05) is 12.6 Å². The van der Waals surface area contributed by atoms with E-state index in [0.29, 0.717) is 18.4 Å². The zero-order chi connectivity index (χ0) is 14.0. The third kappa shape index (κ3) is 3.22. The van der Waals surface area contributed by atoms with E-state index in [1.165, 1.54) is 6.20 Å². The van der Waals surface area contributed by atoms with E-state index >= 15 is 0 Å². The third-order valence-corrected chi connectivity index (χ3v) is 3.25. The molecule has 0 aliphatic heterocycles. The number of aromatic nitrogens is 2. The smallest absolute Gasteiger partial charge is 0.342 e. The van der Waals surface area contributed by atoms with Crippen LogP contribution in [0.1, 0.15) is 56.8 Å². The molecule has 5 nitrogen and oxygen atoms in total. The van der Waals surface area contributed by atoms with Gasteiger partial charge in [0.25, 0.3) is 0 Å². The zero-order valence-electron chi connectivity index (χ0n) is 11.7. The Morgan fingerprint density at radius 1 is 1.42 bits per heavy atom. The molecule has 0 unspecified atom stereocenters. The molecule has 5 heteroatoms. The lowest BCUT2D eigenvalue weighted by atomic mass is 9.96. The number of rotatable bonds is 2. The summed E-state index contributed by atoms with van der Waals surface area (Å²) in [5.41, 5.74) is 0.215. The lowest BCUT2D eigenvalue weighted by Gasteiger charge is -2.20. The summed E-state index contributed by atoms with van der Waals surface area (Å²) in [4.78, 5) is 23.6. The Balaban J connectivity index is 2.04. The van der Waals surface area contributed by atoms with Gasteiger partial charge >= 0.3 is 5.97 Å². The number of carbonyl (C=O) groups is 2. The fraction of sp³-hybridized carbons (Fsp3) is 0.643. The minimum Gasteiger partial charge on any atom is -0.451 e. The van der Waals surface area contributed by atoms with Gasteiger partial charge < -0.3 is 4.74 Å². The molecule has 2 rings (SSSR count). The van der Waals surface area contributed by atoms with Gasteiger partial charge in [-0.2, -0.15) is 5.10 Å². The molecule has 0 amide bonds. The highest BCUT2D eigenvalue weighted by Gasteiger charge is 2.27. The second kappa shape index (κ2) is 5.15. The normalized spacial score (nSPS) is 20.4. The minimum absolute atomic E-state index is 0.0304. The predicted molar refractivity (Wildman–Crippen MR) is 69.9 cm³/mol. The largest absolute Gasteiger partial charge is 0.451 e. The second-order valence-corrected chi connectivity index (χ2v) is 5.95. The summed E-state index contributed by atoms with van der Waals surface area (Å²) in [6.45, 7) is 6.00. The van der Waals surface area contributed by atoms with E-state index in [1.807, 2.05) is 20.8 Å². The standard InChI is InChI=1S/C14H20N2O3/c1-14(2,3)16-9-10(8-15-16)13(18)19-12-7-5-4-6-11(12)17/h8-9,12H,4-7H2,1-3H3/t12-/m0/s1. The summed E-state index contributed by atoms with van der Waals surface area (Å²) in [5, 5.41) is 4.15. The van der Waals surface area contributed by atoms with Gasteiger partial charge in [-0.15, -0.1) is 0 Å². The molecule has 1 atom stereocenters. The van der Waals surface area contributed by atoms with Crippen molar-refractivity contribution < 1.29 is 14.3 Å². The Morgan fingerprint density at radius 3 is 2.74 bits per heavy atom. The van der Waals surface area contributed by atoms with E-state index in [1.54, 1.807) is 10.9 Å². The highest BCUT2D eigenvalue weighted by molar-refractivity contribution is 5.92. The Hall–Kier alpha value is -1.65. The van der Waals surface area contributed by atoms with Crippen LogP contribution in [0.25, 0.3) is 0 Å². The van der Waals surface area contributed by atoms with Crippen molar-refractivity contribution in [2.24, 2.45) is 0 Å². The van der Waals surface area contributed by atoms with Crippen molar-refractivity contribution in [2.75, 3.05) is 0 Å². The zero-order valence-corrected chi connectivity index (χ0v) is 11.7. The summed E-state index contributed by atoms with van der Waals surface area (Å²) in [5.74, 6) is -0.432. The summed E-state index contributed by atoms with van der Waals surface area (Å²) in [6.07, 6.45) is 5.56. The average molecular weight is 264 g/mol. The first kappa shape index (κ1) is 13.8. The molecule has 1 fully saturated rings. The molecular formula is C14H20N2O3. The lowest BCUT2D eigenvalue weighted by Crippen LogP contribution is -2.30. The van der Waals surface area contributed by atoms with Crippen LogP contribution in [-0.4, -0.2) is 27.6 Å². The van der Waals surface area contributed by atoms with E-state index < -0.39 is 12.1 Å². The maximum absolute atomic E-state index is 12.0. The van der Waals surface area contributed by atoms with Gasteiger partial charge in [0.15, 0.2) is 11.9 Å². The molecule has 104 valence electrons. The monoisotopic (exact) mass is 264 g/mol. The van der Waals surface area contributed by atoms with Crippen LogP contribution in [0.15, 0.2) is 12.4 Å². The average Bonchev–Trinajstić information content (AvgIpc) is 2.81. The van der Waals surface area contributed by atoms with E-state index in [4.69, 9.17) is 4.74 Å². The molecule has 0 bridgehead atoms. The molecule has 0 N–H and O–H groups in total. The number of nitrogens with zero attached hydrogens (tertiary/aromatic N) is 2. The number of carbonyl (C=O) groups excluding carboxylic acids is 2. The van der Waals surface area contributed by atoms with Crippen molar-refractivity contribution in [1.29, 1.82) is 0 Å². The molecule has 1 aliphatic rings. The predicted octanol–water partition coefficient (Wildman–Crippen LogP) is 2.31. The number of Topliss-reactive ketones (excluding diaryl/α,β-unsaturated/α-hetero) is 1. The van der Waals surface area contributed by atoms with Crippen LogP contribution < -0.4 is 0 Å². The maximum atomic E-state index is 12.0. The number of esters is 1. The Morgan fingerprint density at radius 2 is 2.16 bits per heavy atom. The van der Waals surface area contributed by atoms with Gasteiger partial charge in [-0.25, -0.2) is 4.79 Å². The second-order valence-electron chi connectivity index (χ2n) is 5.95. The topological polar surface area (TPSA) is 61.2 Å². The first-order valence-corrected chi connectivity index (χ1v) is 6.67. The quantitative estimate of drug-likeness (QED) is 0.769. The molecule has 1 saturated carbocycles. The van der Waals surface area contributed by atoms with Crippen molar-refractivity contribution in [3.05, 3.63) is 18.0 Å². The molecule has 1 aromatic rings. The Bertz CT molecular complexity index is 485. The number of ketones is 1. The summed E-state index contributed by atoms with van der Waals surface area (Å²) in [6, 6.07) is 0. The van der Waals surface area contributed by atoms with Crippen molar-refractivity contribution in [1.82, 2.24) is 9.78 Å². The van der Waals surface area contributed by atoms with Crippen LogP contribution in [-0.2, 0) is 15.1 Å². The number of hydrogen-bond acceptors (Lipinski definition) is 4. The molecule has 1 aliphatic carbocycles. The maximum Gasteiger partial charge on any atom is 0.342 e. The Labute approximate surface area is 112 Å². The van der Waals surface area contributed by atoms with Gasteiger partial charge in [0.05, 0.1) is 17.3 Å². The minimum atomic E-state index is -0.570. The molecule has 0 spiro atoms. The van der Waals surface area contributed by atoms with Crippen LogP contribution >= 0.6 is 0 Å². The highest BCUT2D eigenvalue weighted by atomic mass is 16.5. The van der Waals surface area contributed by atoms with Gasteiger partial charge in [-0.1, -0.05) is 0 Å². The number of ether oxygens (including phenoxy) is 1. The van der Waals surface area contributed by atoms with E-state index in [9.17, 15) is 9.59 Å². The van der Waals surface area contributed by atoms with Crippen molar-refractivity contribution >= 4 is 11.8 Å². The van der Waals surface area contributed by atoms with E-state index in [0.717, 1.165) is 12.8 Å². The van der Waals surface area contributed by atoms with E-state index in [-0.39, 0.29) is 11.3 Å². The summed E-state index contributed by atoms with van der Waals surface area (Å²) in [7, 11) is 0. The van der Waals surface area contributed by atoms with Gasteiger partial charge in [0.1, 0.15) is 0 Å². The van der Waals surface area contributed by atoms with Crippen LogP contribution in [0.4, 0.5) is 0 Å². The van der Waals surface area contributed by atoms with Crippen LogP contribution in [0.2, 0.25) is 0 Å². The Kier molecular flexibility index (Phi) is 3.73. The molecule has 0 aromatic carbocycles. The van der Waals surface area contributed by atoms with Gasteiger partial charge in [0.2, 0.25) is 0 Å². The van der Waals surface area contributed by atoms with Crippen molar-refractivity contribution in [3.8, 4) is 0 Å². The molecule has 1 heterocycles. The molecule has 1 aromatic heterocycles. The van der Waals surface area contributed by atoms with Gasteiger partial charge in [-0.3, -0.25) is 9.48 Å². The fourth-order valence-electron chi connectivity index (χ4n) is 2.07. The molecule has 19 heavy (non-hydrogen) atoms. The highest BCUT2D eigenvalue weighted by Crippen LogP contribution is 2.19. The van der Waals surface area contributed by atoms with Crippen LogP contribution in [0.5, 0.6) is 0 Å². The molecule has 0 saturated heterocycles.